The fourth-order valence-electron chi connectivity index (χ4n) is 7.08. The molecular formula is C46H28N4O. The molecule has 238 valence electrons. The van der Waals surface area contributed by atoms with Gasteiger partial charge in [-0.25, -0.2) is 15.0 Å². The fourth-order valence-corrected chi connectivity index (χ4v) is 7.08. The summed E-state index contributed by atoms with van der Waals surface area (Å²) in [4.78, 5) is 20.1. The Kier molecular flexibility index (Phi) is 6.74. The molecule has 0 fully saturated rings. The molecule has 0 atom stereocenters. The number of benzene rings is 7. The van der Waals surface area contributed by atoms with Crippen LogP contribution in [0.2, 0.25) is 0 Å². The number of hydrogen-bond donors (Lipinski definition) is 0. The van der Waals surface area contributed by atoms with E-state index in [2.05, 4.69) is 115 Å². The van der Waals surface area contributed by atoms with Gasteiger partial charge in [0.1, 0.15) is 11.1 Å². The van der Waals surface area contributed by atoms with E-state index in [1.807, 2.05) is 54.7 Å². The minimum absolute atomic E-state index is 0.615. The van der Waals surface area contributed by atoms with Crippen LogP contribution in [-0.2, 0) is 0 Å². The van der Waals surface area contributed by atoms with Crippen molar-refractivity contribution in [3.63, 3.8) is 0 Å². The van der Waals surface area contributed by atoms with Crippen molar-refractivity contribution >= 4 is 43.6 Å². The van der Waals surface area contributed by atoms with Gasteiger partial charge in [-0.05, 0) is 57.1 Å². The highest BCUT2D eigenvalue weighted by Crippen LogP contribution is 2.39. The van der Waals surface area contributed by atoms with E-state index in [4.69, 9.17) is 24.4 Å². The molecule has 0 saturated carbocycles. The Morgan fingerprint density at radius 2 is 0.980 bits per heavy atom. The van der Waals surface area contributed by atoms with Gasteiger partial charge >= 0.3 is 0 Å². The number of nitrogens with zero attached hydrogens (tertiary/aromatic N) is 4. The van der Waals surface area contributed by atoms with Gasteiger partial charge in [0.2, 0.25) is 0 Å². The molecule has 0 aliphatic rings. The maximum atomic E-state index is 6.49. The lowest BCUT2D eigenvalue weighted by atomic mass is 9.95. The highest BCUT2D eigenvalue weighted by atomic mass is 16.3. The van der Waals surface area contributed by atoms with Crippen LogP contribution in [0.1, 0.15) is 0 Å². The first-order valence-electron chi connectivity index (χ1n) is 17.0. The molecule has 0 spiro atoms. The van der Waals surface area contributed by atoms with Crippen LogP contribution in [0, 0.1) is 0 Å². The SMILES string of the molecule is c1ccc(-c2cccc(-c3nc(-c4ccccc4)nc(-c4ccc(-c5cnc6c(c5)oc5c7ccccc7ccc65)c5ccccc45)n3)c2)cc1. The number of rotatable bonds is 5. The molecule has 0 N–H and O–H groups in total. The Labute approximate surface area is 293 Å². The molecule has 0 amide bonds. The molecule has 7 aromatic carbocycles. The van der Waals surface area contributed by atoms with Gasteiger partial charge in [-0.1, -0.05) is 140 Å². The van der Waals surface area contributed by atoms with Crippen molar-refractivity contribution in [1.82, 2.24) is 19.9 Å². The van der Waals surface area contributed by atoms with Crippen LogP contribution in [0.5, 0.6) is 0 Å². The number of fused-ring (bicyclic) bond motifs is 6. The van der Waals surface area contributed by atoms with Crippen molar-refractivity contribution in [2.45, 2.75) is 0 Å². The van der Waals surface area contributed by atoms with Crippen LogP contribution in [0.3, 0.4) is 0 Å². The van der Waals surface area contributed by atoms with E-state index in [1.54, 1.807) is 0 Å². The molecule has 0 unspecified atom stereocenters. The number of pyridine rings is 1. The Balaban J connectivity index is 1.13. The summed E-state index contributed by atoms with van der Waals surface area (Å²) in [6.07, 6.45) is 1.95. The first-order valence-corrected chi connectivity index (χ1v) is 17.0. The van der Waals surface area contributed by atoms with Gasteiger partial charge in [-0.2, -0.15) is 0 Å². The summed E-state index contributed by atoms with van der Waals surface area (Å²) in [5, 5.41) is 5.37. The van der Waals surface area contributed by atoms with Crippen LogP contribution in [0.15, 0.2) is 174 Å². The van der Waals surface area contributed by atoms with Crippen molar-refractivity contribution in [3.05, 3.63) is 170 Å². The Bertz CT molecular complexity index is 2920. The zero-order valence-electron chi connectivity index (χ0n) is 27.4. The van der Waals surface area contributed by atoms with Gasteiger partial charge in [0.15, 0.2) is 23.1 Å². The third-order valence-corrected chi connectivity index (χ3v) is 9.57. The predicted molar refractivity (Wildman–Crippen MR) is 207 cm³/mol. The summed E-state index contributed by atoms with van der Waals surface area (Å²) in [5.74, 6) is 1.86. The molecule has 0 radical (unpaired) electrons. The molecule has 0 bridgehead atoms. The van der Waals surface area contributed by atoms with E-state index < -0.39 is 0 Å². The third kappa shape index (κ3) is 5.03. The zero-order chi connectivity index (χ0) is 33.7. The minimum Gasteiger partial charge on any atom is -0.454 e. The van der Waals surface area contributed by atoms with E-state index >= 15 is 0 Å². The Hall–Kier alpha value is -6.98. The molecule has 0 aliphatic heterocycles. The molecule has 3 heterocycles. The van der Waals surface area contributed by atoms with Gasteiger partial charge in [0.25, 0.3) is 0 Å². The second-order valence-electron chi connectivity index (χ2n) is 12.7. The maximum absolute atomic E-state index is 6.49. The number of aromatic nitrogens is 4. The average Bonchev–Trinajstić information content (AvgIpc) is 3.59. The summed E-state index contributed by atoms with van der Waals surface area (Å²) < 4.78 is 6.49. The molecule has 3 aromatic heterocycles. The van der Waals surface area contributed by atoms with E-state index in [9.17, 15) is 0 Å². The van der Waals surface area contributed by atoms with E-state index in [-0.39, 0.29) is 0 Å². The minimum atomic E-state index is 0.615. The predicted octanol–water partition coefficient (Wildman–Crippen LogP) is 11.8. The number of furan rings is 1. The third-order valence-electron chi connectivity index (χ3n) is 9.57. The van der Waals surface area contributed by atoms with Crippen molar-refractivity contribution < 1.29 is 4.42 Å². The molecular weight excluding hydrogens is 625 g/mol. The van der Waals surface area contributed by atoms with Gasteiger partial charge in [-0.3, -0.25) is 4.98 Å². The molecule has 0 aliphatic carbocycles. The van der Waals surface area contributed by atoms with Gasteiger partial charge in [0.05, 0.1) is 0 Å². The fraction of sp³-hybridized carbons (Fsp3) is 0. The molecule has 5 heteroatoms. The number of hydrogen-bond acceptors (Lipinski definition) is 5. The second kappa shape index (κ2) is 11.9. The molecule has 51 heavy (non-hydrogen) atoms. The maximum Gasteiger partial charge on any atom is 0.164 e. The first-order chi connectivity index (χ1) is 25.3. The molecule has 0 saturated heterocycles. The lowest BCUT2D eigenvalue weighted by molar-refractivity contribution is 0.672. The normalized spacial score (nSPS) is 11.5. The van der Waals surface area contributed by atoms with Crippen LogP contribution >= 0.6 is 0 Å². The van der Waals surface area contributed by atoms with Crippen molar-refractivity contribution in [3.8, 4) is 56.4 Å². The summed E-state index contributed by atoms with van der Waals surface area (Å²) in [5.41, 5.74) is 9.56. The molecule has 10 rings (SSSR count). The monoisotopic (exact) mass is 652 g/mol. The lowest BCUT2D eigenvalue weighted by Gasteiger charge is -2.13. The Morgan fingerprint density at radius 1 is 0.373 bits per heavy atom. The summed E-state index contributed by atoms with van der Waals surface area (Å²) in [6.45, 7) is 0. The smallest absolute Gasteiger partial charge is 0.164 e. The highest BCUT2D eigenvalue weighted by Gasteiger charge is 2.18. The van der Waals surface area contributed by atoms with Gasteiger partial charge in [-0.15, -0.1) is 0 Å². The molecule has 5 nitrogen and oxygen atoms in total. The topological polar surface area (TPSA) is 64.7 Å². The lowest BCUT2D eigenvalue weighted by Crippen LogP contribution is -2.01. The first kappa shape index (κ1) is 29.0. The summed E-state index contributed by atoms with van der Waals surface area (Å²) in [7, 11) is 0. The van der Waals surface area contributed by atoms with E-state index in [1.165, 1.54) is 0 Å². The zero-order valence-corrected chi connectivity index (χ0v) is 27.4. The summed E-state index contributed by atoms with van der Waals surface area (Å²) >= 11 is 0. The largest absolute Gasteiger partial charge is 0.454 e. The molecule has 10 aromatic rings. The highest BCUT2D eigenvalue weighted by molar-refractivity contribution is 6.14. The van der Waals surface area contributed by atoms with Crippen molar-refractivity contribution in [1.29, 1.82) is 0 Å². The van der Waals surface area contributed by atoms with E-state index in [0.717, 1.165) is 82.6 Å². The van der Waals surface area contributed by atoms with Crippen LogP contribution in [0.4, 0.5) is 0 Å². The summed E-state index contributed by atoms with van der Waals surface area (Å²) in [6, 6.07) is 56.1. The second-order valence-corrected chi connectivity index (χ2v) is 12.7. The quantitative estimate of drug-likeness (QED) is 0.185. The van der Waals surface area contributed by atoms with Crippen LogP contribution in [0.25, 0.3) is 100 Å². The average molecular weight is 653 g/mol. The van der Waals surface area contributed by atoms with Crippen LogP contribution in [-0.4, -0.2) is 19.9 Å². The van der Waals surface area contributed by atoms with Gasteiger partial charge in [0, 0.05) is 39.2 Å². The van der Waals surface area contributed by atoms with Gasteiger partial charge < -0.3 is 4.42 Å². The standard InChI is InChI=1S/C46H28N4O/c1-3-12-29(13-4-1)32-17-11-18-33(26-32)45-48-44(31-15-5-2-6-16-31)49-46(50-45)39-25-24-35(37-20-9-10-21-38(37)39)34-27-41-42(47-28-34)40-23-22-30-14-7-8-19-36(30)43(40)51-41/h1-28H. The Morgan fingerprint density at radius 3 is 1.78 bits per heavy atom. The van der Waals surface area contributed by atoms with Crippen molar-refractivity contribution in [2.75, 3.05) is 0 Å². The van der Waals surface area contributed by atoms with E-state index in [0.29, 0.717) is 17.5 Å². The van der Waals surface area contributed by atoms with Crippen LogP contribution < -0.4 is 0 Å². The van der Waals surface area contributed by atoms with Crippen molar-refractivity contribution in [2.24, 2.45) is 0 Å².